The number of hydrogen-bond donors (Lipinski definition) is 2. The molecular formula is C8H16N2O. The standard InChI is InChI=1S/C8H16N2O/c1-6-4-10-5-8(11)2-7(10)3-9-6/h6-9,11H,2-5H2,1H3. The fourth-order valence-corrected chi connectivity index (χ4v) is 2.15. The van der Waals surface area contributed by atoms with Crippen molar-refractivity contribution in [3.05, 3.63) is 0 Å². The summed E-state index contributed by atoms with van der Waals surface area (Å²) >= 11 is 0. The summed E-state index contributed by atoms with van der Waals surface area (Å²) < 4.78 is 0. The van der Waals surface area contributed by atoms with Crippen molar-refractivity contribution in [1.29, 1.82) is 0 Å². The van der Waals surface area contributed by atoms with Crippen molar-refractivity contribution < 1.29 is 5.11 Å². The molecule has 2 aliphatic heterocycles. The molecule has 0 aromatic rings. The number of aliphatic hydroxyl groups excluding tert-OH is 1. The summed E-state index contributed by atoms with van der Waals surface area (Å²) in [5.41, 5.74) is 0. The predicted octanol–water partition coefficient (Wildman–Crippen LogP) is -0.587. The van der Waals surface area contributed by atoms with Gasteiger partial charge in [0.2, 0.25) is 0 Å². The first-order valence-corrected chi connectivity index (χ1v) is 4.41. The Kier molecular flexibility index (Phi) is 1.87. The fourth-order valence-electron chi connectivity index (χ4n) is 2.15. The van der Waals surface area contributed by atoms with E-state index in [1.165, 1.54) is 0 Å². The van der Waals surface area contributed by atoms with Gasteiger partial charge in [0.1, 0.15) is 0 Å². The van der Waals surface area contributed by atoms with E-state index in [0.29, 0.717) is 12.1 Å². The van der Waals surface area contributed by atoms with Gasteiger partial charge in [-0.1, -0.05) is 0 Å². The molecular weight excluding hydrogens is 140 g/mol. The molecule has 2 fully saturated rings. The van der Waals surface area contributed by atoms with Crippen molar-refractivity contribution in [3.8, 4) is 0 Å². The molecule has 0 spiro atoms. The molecule has 2 aliphatic rings. The lowest BCUT2D eigenvalue weighted by Gasteiger charge is -2.33. The summed E-state index contributed by atoms with van der Waals surface area (Å²) in [5.74, 6) is 0. The molecule has 2 heterocycles. The van der Waals surface area contributed by atoms with E-state index < -0.39 is 0 Å². The molecule has 0 aromatic heterocycles. The Morgan fingerprint density at radius 2 is 2.27 bits per heavy atom. The maximum absolute atomic E-state index is 9.38. The van der Waals surface area contributed by atoms with Gasteiger partial charge in [-0.3, -0.25) is 4.90 Å². The van der Waals surface area contributed by atoms with Crippen LogP contribution in [-0.4, -0.2) is 47.8 Å². The van der Waals surface area contributed by atoms with Crippen LogP contribution in [0.2, 0.25) is 0 Å². The average molecular weight is 156 g/mol. The van der Waals surface area contributed by atoms with E-state index in [0.717, 1.165) is 26.1 Å². The fraction of sp³-hybridized carbons (Fsp3) is 1.00. The summed E-state index contributed by atoms with van der Waals surface area (Å²) in [6.07, 6.45) is 0.881. The number of nitrogens with one attached hydrogen (secondary N) is 1. The number of rotatable bonds is 0. The molecule has 2 N–H and O–H groups in total. The number of piperazine rings is 1. The second kappa shape index (κ2) is 2.73. The van der Waals surface area contributed by atoms with Gasteiger partial charge in [-0.25, -0.2) is 0 Å². The largest absolute Gasteiger partial charge is 0.392 e. The molecule has 0 aromatic carbocycles. The first-order chi connectivity index (χ1) is 5.25. The molecule has 11 heavy (non-hydrogen) atoms. The van der Waals surface area contributed by atoms with Crippen LogP contribution < -0.4 is 5.32 Å². The van der Waals surface area contributed by atoms with Crippen LogP contribution in [0.4, 0.5) is 0 Å². The van der Waals surface area contributed by atoms with Crippen molar-refractivity contribution in [3.63, 3.8) is 0 Å². The third-order valence-electron chi connectivity index (χ3n) is 2.72. The summed E-state index contributed by atoms with van der Waals surface area (Å²) in [5, 5.41) is 12.8. The second-order valence-electron chi connectivity index (χ2n) is 3.81. The van der Waals surface area contributed by atoms with Crippen molar-refractivity contribution in [1.82, 2.24) is 10.2 Å². The van der Waals surface area contributed by atoms with Gasteiger partial charge in [-0.05, 0) is 13.3 Å². The monoisotopic (exact) mass is 156 g/mol. The van der Waals surface area contributed by atoms with Gasteiger partial charge >= 0.3 is 0 Å². The molecule has 0 saturated carbocycles. The Bertz CT molecular complexity index is 151. The highest BCUT2D eigenvalue weighted by atomic mass is 16.3. The molecule has 2 saturated heterocycles. The Morgan fingerprint density at radius 1 is 1.45 bits per heavy atom. The number of aliphatic hydroxyl groups is 1. The van der Waals surface area contributed by atoms with Crippen molar-refractivity contribution in [2.75, 3.05) is 19.6 Å². The minimum atomic E-state index is -0.0768. The summed E-state index contributed by atoms with van der Waals surface area (Å²) in [4.78, 5) is 2.39. The number of fused-ring (bicyclic) bond motifs is 1. The van der Waals surface area contributed by atoms with Crippen molar-refractivity contribution in [2.24, 2.45) is 0 Å². The Hall–Kier alpha value is -0.120. The highest BCUT2D eigenvalue weighted by molar-refractivity contribution is 4.92. The van der Waals surface area contributed by atoms with Crippen LogP contribution in [-0.2, 0) is 0 Å². The van der Waals surface area contributed by atoms with Gasteiger partial charge in [0.25, 0.3) is 0 Å². The SMILES string of the molecule is CC1CN2CC(O)CC2CN1. The van der Waals surface area contributed by atoms with Crippen LogP contribution in [0.25, 0.3) is 0 Å². The zero-order chi connectivity index (χ0) is 7.84. The lowest BCUT2D eigenvalue weighted by atomic mass is 10.1. The Balaban J connectivity index is 1.97. The van der Waals surface area contributed by atoms with E-state index >= 15 is 0 Å². The molecule has 64 valence electrons. The molecule has 0 aliphatic carbocycles. The van der Waals surface area contributed by atoms with E-state index in [2.05, 4.69) is 17.1 Å². The van der Waals surface area contributed by atoms with Crippen LogP contribution in [0.1, 0.15) is 13.3 Å². The van der Waals surface area contributed by atoms with Crippen LogP contribution >= 0.6 is 0 Å². The highest BCUT2D eigenvalue weighted by Gasteiger charge is 2.34. The lowest BCUT2D eigenvalue weighted by Crippen LogP contribution is -2.52. The van der Waals surface area contributed by atoms with Gasteiger partial charge in [-0.2, -0.15) is 0 Å². The Labute approximate surface area is 67.4 Å². The Morgan fingerprint density at radius 3 is 3.09 bits per heavy atom. The van der Waals surface area contributed by atoms with Gasteiger partial charge < -0.3 is 10.4 Å². The zero-order valence-corrected chi connectivity index (χ0v) is 6.95. The van der Waals surface area contributed by atoms with E-state index in [1.807, 2.05) is 0 Å². The van der Waals surface area contributed by atoms with Crippen LogP contribution in [0.15, 0.2) is 0 Å². The topological polar surface area (TPSA) is 35.5 Å². The summed E-state index contributed by atoms with van der Waals surface area (Å²) in [7, 11) is 0. The average Bonchev–Trinajstić information content (AvgIpc) is 2.27. The van der Waals surface area contributed by atoms with Crippen molar-refractivity contribution >= 4 is 0 Å². The molecule has 3 heteroatoms. The quantitative estimate of drug-likeness (QED) is 0.492. The predicted molar refractivity (Wildman–Crippen MR) is 43.4 cm³/mol. The molecule has 3 unspecified atom stereocenters. The third kappa shape index (κ3) is 1.41. The molecule has 3 nitrogen and oxygen atoms in total. The third-order valence-corrected chi connectivity index (χ3v) is 2.72. The maximum Gasteiger partial charge on any atom is 0.0682 e. The summed E-state index contributed by atoms with van der Waals surface area (Å²) in [6.45, 7) is 5.23. The number of hydrogen-bond acceptors (Lipinski definition) is 3. The van der Waals surface area contributed by atoms with Gasteiger partial charge in [0, 0.05) is 31.7 Å². The van der Waals surface area contributed by atoms with Crippen LogP contribution in [0, 0.1) is 0 Å². The first-order valence-electron chi connectivity index (χ1n) is 4.41. The van der Waals surface area contributed by atoms with Crippen LogP contribution in [0.5, 0.6) is 0 Å². The zero-order valence-electron chi connectivity index (χ0n) is 6.95. The minimum absolute atomic E-state index is 0.0768. The molecule has 0 radical (unpaired) electrons. The molecule has 0 amide bonds. The van der Waals surface area contributed by atoms with E-state index in [9.17, 15) is 5.11 Å². The first kappa shape index (κ1) is 7.53. The normalized spacial score (nSPS) is 45.8. The number of nitrogens with zero attached hydrogens (tertiary/aromatic N) is 1. The van der Waals surface area contributed by atoms with Crippen molar-refractivity contribution in [2.45, 2.75) is 31.5 Å². The van der Waals surface area contributed by atoms with E-state index in [-0.39, 0.29) is 6.10 Å². The maximum atomic E-state index is 9.38. The minimum Gasteiger partial charge on any atom is -0.392 e. The van der Waals surface area contributed by atoms with Gasteiger partial charge in [0.05, 0.1) is 6.10 Å². The molecule has 2 rings (SSSR count). The van der Waals surface area contributed by atoms with Crippen LogP contribution in [0.3, 0.4) is 0 Å². The van der Waals surface area contributed by atoms with E-state index in [1.54, 1.807) is 0 Å². The highest BCUT2D eigenvalue weighted by Crippen LogP contribution is 2.19. The summed E-state index contributed by atoms with van der Waals surface area (Å²) in [6, 6.07) is 1.19. The second-order valence-corrected chi connectivity index (χ2v) is 3.81. The van der Waals surface area contributed by atoms with Gasteiger partial charge in [0.15, 0.2) is 0 Å². The molecule has 3 atom stereocenters. The smallest absolute Gasteiger partial charge is 0.0682 e. The lowest BCUT2D eigenvalue weighted by molar-refractivity contribution is 0.157. The van der Waals surface area contributed by atoms with Gasteiger partial charge in [-0.15, -0.1) is 0 Å². The van der Waals surface area contributed by atoms with E-state index in [4.69, 9.17) is 0 Å². The molecule has 0 bridgehead atoms.